The van der Waals surface area contributed by atoms with E-state index in [0.717, 1.165) is 17.7 Å². The van der Waals surface area contributed by atoms with E-state index in [2.05, 4.69) is 0 Å². The molecule has 0 radical (unpaired) electrons. The van der Waals surface area contributed by atoms with Gasteiger partial charge >= 0.3 is 0 Å². The van der Waals surface area contributed by atoms with Gasteiger partial charge in [0.1, 0.15) is 24.4 Å². The number of hydrogen-bond acceptors (Lipinski definition) is 8. The van der Waals surface area contributed by atoms with Crippen LogP contribution in [0, 0.1) is 0 Å². The first kappa shape index (κ1) is 23.8. The highest BCUT2D eigenvalue weighted by atomic mass is 16.7. The summed E-state index contributed by atoms with van der Waals surface area (Å²) in [6, 6.07) is 19.8. The highest BCUT2D eigenvalue weighted by molar-refractivity contribution is 5.17. The second-order valence-electron chi connectivity index (χ2n) is 8.64. The zero-order valence-electron chi connectivity index (χ0n) is 19.2. The molecule has 3 saturated heterocycles. The van der Waals surface area contributed by atoms with Crippen LogP contribution < -0.4 is 0 Å². The fourth-order valence-electron chi connectivity index (χ4n) is 3.81. The third-order valence-electron chi connectivity index (χ3n) is 5.83. The van der Waals surface area contributed by atoms with Crippen molar-refractivity contribution in [1.29, 1.82) is 0 Å². The van der Waals surface area contributed by atoms with Crippen LogP contribution in [0.4, 0.5) is 0 Å². The normalized spacial score (nSPS) is 30.1. The molecular weight excluding hydrogens is 440 g/mol. The summed E-state index contributed by atoms with van der Waals surface area (Å²) in [7, 11) is 0. The van der Waals surface area contributed by atoms with E-state index in [1.807, 2.05) is 60.7 Å². The number of benzene rings is 2. The number of ether oxygens (including phenoxy) is 8. The average Bonchev–Trinajstić information content (AvgIpc) is 3.75. The largest absolute Gasteiger partial charge is 0.371 e. The molecule has 3 fully saturated rings. The van der Waals surface area contributed by atoms with Gasteiger partial charge in [0.05, 0.1) is 52.9 Å². The van der Waals surface area contributed by atoms with Crippen molar-refractivity contribution in [2.24, 2.45) is 0 Å². The molecule has 8 heteroatoms. The highest BCUT2D eigenvalue weighted by Gasteiger charge is 2.29. The minimum atomic E-state index is -0.352. The second kappa shape index (κ2) is 12.2. The van der Waals surface area contributed by atoms with Crippen LogP contribution >= 0.6 is 0 Å². The molecule has 3 aliphatic heterocycles. The summed E-state index contributed by atoms with van der Waals surface area (Å²) < 4.78 is 46.7. The zero-order valence-corrected chi connectivity index (χ0v) is 19.2. The molecule has 2 aromatic carbocycles. The van der Waals surface area contributed by atoms with Crippen LogP contribution in [-0.4, -0.2) is 77.3 Å². The van der Waals surface area contributed by atoms with Crippen molar-refractivity contribution in [1.82, 2.24) is 0 Å². The zero-order chi connectivity index (χ0) is 23.0. The quantitative estimate of drug-likeness (QED) is 0.462. The monoisotopic (exact) mass is 472 g/mol. The van der Waals surface area contributed by atoms with E-state index in [-0.39, 0.29) is 37.0 Å². The molecule has 8 nitrogen and oxygen atoms in total. The summed E-state index contributed by atoms with van der Waals surface area (Å²) in [5, 5.41) is 0. The summed E-state index contributed by atoms with van der Waals surface area (Å²) in [6.07, 6.45) is -1.08. The summed E-state index contributed by atoms with van der Waals surface area (Å²) in [5.41, 5.74) is 2.01. The van der Waals surface area contributed by atoms with Crippen LogP contribution in [0.1, 0.15) is 23.7 Å². The molecule has 1 unspecified atom stereocenters. The molecule has 5 rings (SSSR count). The van der Waals surface area contributed by atoms with E-state index in [9.17, 15) is 0 Å². The number of hydrogen-bond donors (Lipinski definition) is 0. The Hall–Kier alpha value is -1.88. The predicted molar refractivity (Wildman–Crippen MR) is 121 cm³/mol. The van der Waals surface area contributed by atoms with Crippen LogP contribution in [0.2, 0.25) is 0 Å². The van der Waals surface area contributed by atoms with Gasteiger partial charge in [0.15, 0.2) is 12.6 Å². The molecule has 3 aliphatic rings. The molecule has 0 aliphatic carbocycles. The summed E-state index contributed by atoms with van der Waals surface area (Å²) in [5.74, 6) is 0. The number of rotatable bonds is 11. The van der Waals surface area contributed by atoms with Gasteiger partial charge in [-0.05, 0) is 0 Å². The molecule has 0 amide bonds. The Labute approximate surface area is 199 Å². The first-order chi connectivity index (χ1) is 16.8. The van der Waals surface area contributed by atoms with Gasteiger partial charge in [-0.1, -0.05) is 60.7 Å². The van der Waals surface area contributed by atoms with Gasteiger partial charge in [0.25, 0.3) is 0 Å². The molecule has 3 heterocycles. The van der Waals surface area contributed by atoms with Crippen LogP contribution in [-0.2, 0) is 37.9 Å². The average molecular weight is 473 g/mol. The van der Waals surface area contributed by atoms with E-state index in [4.69, 9.17) is 37.9 Å². The van der Waals surface area contributed by atoms with E-state index in [0.29, 0.717) is 46.2 Å². The van der Waals surface area contributed by atoms with Gasteiger partial charge in [-0.3, -0.25) is 0 Å². The summed E-state index contributed by atoms with van der Waals surface area (Å²) in [6.45, 7) is 3.87. The Bertz CT molecular complexity index is 767. The van der Waals surface area contributed by atoms with Crippen LogP contribution in [0.15, 0.2) is 60.7 Å². The maximum absolute atomic E-state index is 6.04. The first-order valence-corrected chi connectivity index (χ1v) is 11.9. The predicted octanol–water partition coefficient (Wildman–Crippen LogP) is 3.03. The number of epoxide rings is 1. The molecule has 0 aromatic heterocycles. The third kappa shape index (κ3) is 7.07. The van der Waals surface area contributed by atoms with Crippen molar-refractivity contribution in [3.05, 3.63) is 71.8 Å². The SMILES string of the molecule is c1ccc(C2OCC(OCC(COC3COC(c4ccccc4)OC3)OCC3CO3)CO2)cc1. The molecule has 184 valence electrons. The standard InChI is InChI=1S/C26H32O8/c1-3-7-19(8-4-1)25-31-15-23(16-32-25)29-13-22(28-12-21-11-27-21)14-30-24-17-33-26(34-18-24)20-9-5-2-6-10-20/h1-10,21-26H,11-18H2. The van der Waals surface area contributed by atoms with E-state index < -0.39 is 0 Å². The van der Waals surface area contributed by atoms with Crippen LogP contribution in [0.25, 0.3) is 0 Å². The van der Waals surface area contributed by atoms with Crippen molar-refractivity contribution in [3.8, 4) is 0 Å². The van der Waals surface area contributed by atoms with Gasteiger partial charge in [-0.25, -0.2) is 0 Å². The summed E-state index contributed by atoms with van der Waals surface area (Å²) >= 11 is 0. The molecule has 2 aromatic rings. The Morgan fingerprint density at radius 3 is 1.47 bits per heavy atom. The van der Waals surface area contributed by atoms with Crippen molar-refractivity contribution in [3.63, 3.8) is 0 Å². The van der Waals surface area contributed by atoms with Gasteiger partial charge in [0.2, 0.25) is 0 Å². The third-order valence-corrected chi connectivity index (χ3v) is 5.83. The summed E-state index contributed by atoms with van der Waals surface area (Å²) in [4.78, 5) is 0. The fourth-order valence-corrected chi connectivity index (χ4v) is 3.81. The molecule has 0 bridgehead atoms. The van der Waals surface area contributed by atoms with Crippen molar-refractivity contribution in [2.45, 2.75) is 37.0 Å². The lowest BCUT2D eigenvalue weighted by Gasteiger charge is -2.32. The maximum atomic E-state index is 6.04. The Morgan fingerprint density at radius 1 is 0.618 bits per heavy atom. The van der Waals surface area contributed by atoms with E-state index in [1.54, 1.807) is 0 Å². The Morgan fingerprint density at radius 2 is 1.06 bits per heavy atom. The minimum Gasteiger partial charge on any atom is -0.371 e. The highest BCUT2D eigenvalue weighted by Crippen LogP contribution is 2.25. The minimum absolute atomic E-state index is 0.156. The van der Waals surface area contributed by atoms with Crippen LogP contribution in [0.3, 0.4) is 0 Å². The lowest BCUT2D eigenvalue weighted by Crippen LogP contribution is -2.39. The smallest absolute Gasteiger partial charge is 0.184 e. The molecule has 1 atom stereocenters. The molecule has 0 spiro atoms. The molecule has 0 saturated carbocycles. The molecule has 34 heavy (non-hydrogen) atoms. The fraction of sp³-hybridized carbons (Fsp3) is 0.538. The van der Waals surface area contributed by atoms with Gasteiger partial charge < -0.3 is 37.9 Å². The lowest BCUT2D eigenvalue weighted by molar-refractivity contribution is -0.244. The maximum Gasteiger partial charge on any atom is 0.184 e. The van der Waals surface area contributed by atoms with Crippen LogP contribution in [0.5, 0.6) is 0 Å². The van der Waals surface area contributed by atoms with Crippen molar-refractivity contribution in [2.75, 3.05) is 52.9 Å². The second-order valence-corrected chi connectivity index (χ2v) is 8.64. The first-order valence-electron chi connectivity index (χ1n) is 11.9. The lowest BCUT2D eigenvalue weighted by atomic mass is 10.2. The molecular formula is C26H32O8. The van der Waals surface area contributed by atoms with Crippen molar-refractivity contribution >= 4 is 0 Å². The van der Waals surface area contributed by atoms with Gasteiger partial charge in [0, 0.05) is 11.1 Å². The molecule has 0 N–H and O–H groups in total. The topological polar surface area (TPSA) is 77.1 Å². The van der Waals surface area contributed by atoms with Crippen molar-refractivity contribution < 1.29 is 37.9 Å². The van der Waals surface area contributed by atoms with Gasteiger partial charge in [-0.2, -0.15) is 0 Å². The Balaban J connectivity index is 1.04. The van der Waals surface area contributed by atoms with Gasteiger partial charge in [-0.15, -0.1) is 0 Å². The Kier molecular flexibility index (Phi) is 8.55. The van der Waals surface area contributed by atoms with E-state index >= 15 is 0 Å². The van der Waals surface area contributed by atoms with E-state index in [1.165, 1.54) is 0 Å².